The summed E-state index contributed by atoms with van der Waals surface area (Å²) in [5, 5.41) is 13.2. The number of hydrogen-bond donors (Lipinski definition) is 2. The topological polar surface area (TPSA) is 97.3 Å². The summed E-state index contributed by atoms with van der Waals surface area (Å²) in [5.74, 6) is -0.219. The lowest BCUT2D eigenvalue weighted by atomic mass is 10.2. The standard InChI is InChI=1S/C15H19N5O2/c16-15-11(2-1-5-17-15)9-19-6-7-20-13(10-19)8-12(18-20)3-4-14(21)22/h1-2,5,8H,3-4,6-7,9-10H2,(H2,16,17)(H,21,22). The fraction of sp³-hybridized carbons (Fsp3) is 0.400. The van der Waals surface area contributed by atoms with Crippen LogP contribution in [-0.2, 0) is 30.8 Å². The first kappa shape index (κ1) is 14.5. The highest BCUT2D eigenvalue weighted by molar-refractivity contribution is 5.66. The molecule has 0 saturated carbocycles. The Labute approximate surface area is 128 Å². The van der Waals surface area contributed by atoms with Crippen molar-refractivity contribution < 1.29 is 9.90 Å². The van der Waals surface area contributed by atoms with Crippen molar-refractivity contribution in [2.24, 2.45) is 0 Å². The molecule has 0 saturated heterocycles. The molecule has 3 rings (SSSR count). The Kier molecular flexibility index (Phi) is 4.06. The average Bonchev–Trinajstić information content (AvgIpc) is 2.90. The van der Waals surface area contributed by atoms with Gasteiger partial charge in [-0.05, 0) is 12.1 Å². The fourth-order valence-electron chi connectivity index (χ4n) is 2.70. The smallest absolute Gasteiger partial charge is 0.303 e. The highest BCUT2D eigenvalue weighted by Crippen LogP contribution is 2.18. The number of aryl methyl sites for hydroxylation is 1. The van der Waals surface area contributed by atoms with Gasteiger partial charge in [0.2, 0.25) is 0 Å². The molecule has 0 aliphatic carbocycles. The molecule has 0 fully saturated rings. The number of nitrogens with zero attached hydrogens (tertiary/aromatic N) is 4. The number of rotatable bonds is 5. The van der Waals surface area contributed by atoms with E-state index in [1.807, 2.05) is 22.9 Å². The zero-order chi connectivity index (χ0) is 15.5. The molecule has 0 aromatic carbocycles. The van der Waals surface area contributed by atoms with Crippen molar-refractivity contribution in [3.63, 3.8) is 0 Å². The molecule has 0 unspecified atom stereocenters. The number of pyridine rings is 1. The molecule has 0 atom stereocenters. The molecule has 3 heterocycles. The molecule has 7 nitrogen and oxygen atoms in total. The summed E-state index contributed by atoms with van der Waals surface area (Å²) in [5.41, 5.74) is 8.89. The van der Waals surface area contributed by atoms with Crippen LogP contribution < -0.4 is 5.73 Å². The summed E-state index contributed by atoms with van der Waals surface area (Å²) in [7, 11) is 0. The highest BCUT2D eigenvalue weighted by Gasteiger charge is 2.19. The number of carboxylic acids is 1. The van der Waals surface area contributed by atoms with Crippen LogP contribution in [0.1, 0.15) is 23.4 Å². The van der Waals surface area contributed by atoms with Crippen LogP contribution in [-0.4, -0.2) is 37.3 Å². The van der Waals surface area contributed by atoms with Crippen LogP contribution in [0.15, 0.2) is 24.4 Å². The Balaban J connectivity index is 1.66. The van der Waals surface area contributed by atoms with Crippen molar-refractivity contribution in [2.45, 2.75) is 32.5 Å². The van der Waals surface area contributed by atoms with E-state index in [0.717, 1.165) is 43.1 Å². The summed E-state index contributed by atoms with van der Waals surface area (Å²) in [6.07, 6.45) is 2.29. The summed E-state index contributed by atoms with van der Waals surface area (Å²) >= 11 is 0. The molecule has 22 heavy (non-hydrogen) atoms. The number of hydrogen-bond acceptors (Lipinski definition) is 5. The zero-order valence-corrected chi connectivity index (χ0v) is 12.3. The molecule has 116 valence electrons. The van der Waals surface area contributed by atoms with E-state index in [9.17, 15) is 4.79 Å². The first-order valence-electron chi connectivity index (χ1n) is 7.31. The number of carboxylic acid groups (broad SMARTS) is 1. The lowest BCUT2D eigenvalue weighted by Gasteiger charge is -2.27. The molecular formula is C15H19N5O2. The van der Waals surface area contributed by atoms with Crippen LogP contribution in [0.2, 0.25) is 0 Å². The number of carbonyl (C=O) groups is 1. The van der Waals surface area contributed by atoms with Crippen molar-refractivity contribution >= 4 is 11.8 Å². The molecule has 2 aromatic rings. The number of aromatic nitrogens is 3. The lowest BCUT2D eigenvalue weighted by molar-refractivity contribution is -0.136. The van der Waals surface area contributed by atoms with E-state index in [2.05, 4.69) is 15.0 Å². The van der Waals surface area contributed by atoms with Gasteiger partial charge in [0.05, 0.1) is 24.4 Å². The van der Waals surface area contributed by atoms with Crippen LogP contribution in [0, 0.1) is 0 Å². The van der Waals surface area contributed by atoms with E-state index < -0.39 is 5.97 Å². The maximum Gasteiger partial charge on any atom is 0.303 e. The van der Waals surface area contributed by atoms with Gasteiger partial charge < -0.3 is 10.8 Å². The largest absolute Gasteiger partial charge is 0.481 e. The number of anilines is 1. The van der Waals surface area contributed by atoms with Crippen molar-refractivity contribution in [2.75, 3.05) is 12.3 Å². The van der Waals surface area contributed by atoms with Gasteiger partial charge in [0.15, 0.2) is 0 Å². The Hall–Kier alpha value is -2.41. The summed E-state index contributed by atoms with van der Waals surface area (Å²) in [6.45, 7) is 3.24. The van der Waals surface area contributed by atoms with Gasteiger partial charge in [0.25, 0.3) is 0 Å². The van der Waals surface area contributed by atoms with Gasteiger partial charge in [-0.3, -0.25) is 14.4 Å². The van der Waals surface area contributed by atoms with Crippen molar-refractivity contribution in [3.05, 3.63) is 41.3 Å². The Bertz CT molecular complexity index is 682. The third-order valence-electron chi connectivity index (χ3n) is 3.84. The molecule has 1 aliphatic heterocycles. The minimum absolute atomic E-state index is 0.117. The third-order valence-corrected chi connectivity index (χ3v) is 3.84. The van der Waals surface area contributed by atoms with E-state index in [1.165, 1.54) is 0 Å². The molecule has 0 bridgehead atoms. The van der Waals surface area contributed by atoms with Gasteiger partial charge in [0, 0.05) is 37.8 Å². The maximum atomic E-state index is 10.6. The lowest BCUT2D eigenvalue weighted by Crippen LogP contribution is -2.33. The first-order chi connectivity index (χ1) is 10.6. The predicted molar refractivity (Wildman–Crippen MR) is 80.9 cm³/mol. The number of fused-ring (bicyclic) bond motifs is 1. The van der Waals surface area contributed by atoms with Crippen molar-refractivity contribution in [1.29, 1.82) is 0 Å². The summed E-state index contributed by atoms with van der Waals surface area (Å²) < 4.78 is 1.97. The maximum absolute atomic E-state index is 10.6. The monoisotopic (exact) mass is 301 g/mol. The van der Waals surface area contributed by atoms with Crippen LogP contribution in [0.4, 0.5) is 5.82 Å². The minimum atomic E-state index is -0.792. The van der Waals surface area contributed by atoms with Crippen LogP contribution in [0.25, 0.3) is 0 Å². The fourth-order valence-corrected chi connectivity index (χ4v) is 2.70. The van der Waals surface area contributed by atoms with E-state index in [-0.39, 0.29) is 6.42 Å². The second kappa shape index (κ2) is 6.15. The second-order valence-electron chi connectivity index (χ2n) is 5.50. The summed E-state index contributed by atoms with van der Waals surface area (Å²) in [4.78, 5) is 17.1. The molecule has 2 aromatic heterocycles. The van der Waals surface area contributed by atoms with E-state index in [4.69, 9.17) is 10.8 Å². The molecule has 1 aliphatic rings. The van der Waals surface area contributed by atoms with Gasteiger partial charge in [-0.15, -0.1) is 0 Å². The van der Waals surface area contributed by atoms with Gasteiger partial charge in [-0.2, -0.15) is 5.10 Å². The molecule has 0 radical (unpaired) electrons. The number of nitrogen functional groups attached to an aromatic ring is 1. The average molecular weight is 301 g/mol. The minimum Gasteiger partial charge on any atom is -0.481 e. The Morgan fingerprint density at radius 2 is 2.27 bits per heavy atom. The molecule has 3 N–H and O–H groups in total. The van der Waals surface area contributed by atoms with Crippen LogP contribution in [0.3, 0.4) is 0 Å². The first-order valence-corrected chi connectivity index (χ1v) is 7.31. The molecular weight excluding hydrogens is 282 g/mol. The van der Waals surface area contributed by atoms with Crippen molar-refractivity contribution in [3.8, 4) is 0 Å². The predicted octanol–water partition coefficient (Wildman–Crippen LogP) is 0.893. The Morgan fingerprint density at radius 3 is 3.05 bits per heavy atom. The number of aliphatic carboxylic acids is 1. The molecule has 0 spiro atoms. The Morgan fingerprint density at radius 1 is 1.41 bits per heavy atom. The SMILES string of the molecule is Nc1ncccc1CN1CCn2nc(CCC(=O)O)cc2C1. The highest BCUT2D eigenvalue weighted by atomic mass is 16.4. The normalized spacial score (nSPS) is 14.7. The third kappa shape index (κ3) is 3.25. The zero-order valence-electron chi connectivity index (χ0n) is 12.3. The molecule has 0 amide bonds. The van der Waals surface area contributed by atoms with E-state index in [1.54, 1.807) is 6.20 Å². The van der Waals surface area contributed by atoms with Crippen molar-refractivity contribution in [1.82, 2.24) is 19.7 Å². The van der Waals surface area contributed by atoms with Gasteiger partial charge in [-0.25, -0.2) is 4.98 Å². The van der Waals surface area contributed by atoms with E-state index in [0.29, 0.717) is 12.2 Å². The molecule has 7 heteroatoms. The van der Waals surface area contributed by atoms with Crippen LogP contribution in [0.5, 0.6) is 0 Å². The number of nitrogens with two attached hydrogens (primary N) is 1. The summed E-state index contributed by atoms with van der Waals surface area (Å²) in [6, 6.07) is 5.89. The second-order valence-corrected chi connectivity index (χ2v) is 5.50. The quantitative estimate of drug-likeness (QED) is 0.851. The van der Waals surface area contributed by atoms with Gasteiger partial charge >= 0.3 is 5.97 Å². The van der Waals surface area contributed by atoms with E-state index >= 15 is 0 Å². The van der Waals surface area contributed by atoms with Gasteiger partial charge in [0.1, 0.15) is 5.82 Å². The van der Waals surface area contributed by atoms with Crippen LogP contribution >= 0.6 is 0 Å². The van der Waals surface area contributed by atoms with Gasteiger partial charge in [-0.1, -0.05) is 6.07 Å².